The molecule has 0 aliphatic rings. The first-order chi connectivity index (χ1) is 11.9. The molecule has 0 bridgehead atoms. The monoisotopic (exact) mass is 344 g/mol. The van der Waals surface area contributed by atoms with Crippen molar-refractivity contribution in [2.75, 3.05) is 6.61 Å². The van der Waals surface area contributed by atoms with Crippen LogP contribution in [-0.2, 0) is 14.3 Å². The van der Waals surface area contributed by atoms with Crippen LogP contribution in [-0.4, -0.2) is 18.5 Å². The smallest absolute Gasteiger partial charge is 0.330 e. The summed E-state index contributed by atoms with van der Waals surface area (Å²) in [6.07, 6.45) is 8.18. The number of para-hydroxylation sites is 1. The van der Waals surface area contributed by atoms with Crippen LogP contribution in [0, 0.1) is 5.92 Å². The van der Waals surface area contributed by atoms with Crippen LogP contribution in [0.5, 0.6) is 5.75 Å². The van der Waals surface area contributed by atoms with Crippen molar-refractivity contribution in [2.24, 2.45) is 5.92 Å². The van der Waals surface area contributed by atoms with Gasteiger partial charge in [-0.25, -0.2) is 4.79 Å². The molecule has 25 heavy (non-hydrogen) atoms. The lowest BCUT2D eigenvalue weighted by Gasteiger charge is -2.10. The molecule has 136 valence electrons. The predicted molar refractivity (Wildman–Crippen MR) is 100 cm³/mol. The quantitative estimate of drug-likeness (QED) is 0.275. The molecule has 1 atom stereocenters. The standard InChI is InChI=1S/C21H28O4/c1-16(2)8-7-9-17(3)14-15-24-21(23)13-12-19-10-5-6-11-20(19)25-18(4)22/h5-6,8,10-13,17H,7,9,14-15H2,1-4H3/b13-12+. The van der Waals surface area contributed by atoms with Crippen molar-refractivity contribution < 1.29 is 19.1 Å². The number of hydrogen-bond donors (Lipinski definition) is 0. The van der Waals surface area contributed by atoms with E-state index in [1.165, 1.54) is 18.6 Å². The number of hydrogen-bond acceptors (Lipinski definition) is 4. The number of benzene rings is 1. The summed E-state index contributed by atoms with van der Waals surface area (Å²) in [5.74, 6) is 0.142. The Bertz CT molecular complexity index is 625. The van der Waals surface area contributed by atoms with Gasteiger partial charge in [0, 0.05) is 18.6 Å². The van der Waals surface area contributed by atoms with Crippen LogP contribution >= 0.6 is 0 Å². The van der Waals surface area contributed by atoms with E-state index in [0.717, 1.165) is 19.3 Å². The van der Waals surface area contributed by atoms with Crippen molar-refractivity contribution in [3.05, 3.63) is 47.6 Å². The van der Waals surface area contributed by atoms with Gasteiger partial charge in [0.1, 0.15) is 5.75 Å². The first-order valence-electron chi connectivity index (χ1n) is 8.64. The molecule has 4 heteroatoms. The molecule has 1 aromatic rings. The Labute approximate surface area is 150 Å². The van der Waals surface area contributed by atoms with E-state index in [1.807, 2.05) is 6.07 Å². The third-order valence-corrected chi connectivity index (χ3v) is 3.64. The fraction of sp³-hybridized carbons (Fsp3) is 0.429. The first kappa shape index (κ1) is 20.7. The molecule has 1 unspecified atom stereocenters. The maximum Gasteiger partial charge on any atom is 0.330 e. The second kappa shape index (κ2) is 11.2. The molecule has 0 aromatic heterocycles. The lowest BCUT2D eigenvalue weighted by Crippen LogP contribution is -2.06. The van der Waals surface area contributed by atoms with Gasteiger partial charge in [0.05, 0.1) is 6.61 Å². The van der Waals surface area contributed by atoms with E-state index in [-0.39, 0.29) is 0 Å². The minimum Gasteiger partial charge on any atom is -0.463 e. The van der Waals surface area contributed by atoms with E-state index >= 15 is 0 Å². The van der Waals surface area contributed by atoms with Crippen molar-refractivity contribution in [1.29, 1.82) is 0 Å². The summed E-state index contributed by atoms with van der Waals surface area (Å²) in [6, 6.07) is 7.03. The molecular formula is C21H28O4. The molecule has 0 aliphatic carbocycles. The van der Waals surface area contributed by atoms with Crippen molar-refractivity contribution in [3.63, 3.8) is 0 Å². The molecule has 0 heterocycles. The average Bonchev–Trinajstić information content (AvgIpc) is 2.53. The van der Waals surface area contributed by atoms with Crippen molar-refractivity contribution in [3.8, 4) is 5.75 Å². The normalized spacial score (nSPS) is 11.8. The van der Waals surface area contributed by atoms with Gasteiger partial charge in [-0.05, 0) is 51.2 Å². The van der Waals surface area contributed by atoms with Crippen molar-refractivity contribution in [1.82, 2.24) is 0 Å². The number of carbonyl (C=O) groups excluding carboxylic acids is 2. The predicted octanol–water partition coefficient (Wildman–Crippen LogP) is 4.94. The fourth-order valence-corrected chi connectivity index (χ4v) is 2.23. The van der Waals surface area contributed by atoms with Gasteiger partial charge in [-0.3, -0.25) is 4.79 Å². The van der Waals surface area contributed by atoms with Crippen LogP contribution in [0.25, 0.3) is 6.08 Å². The van der Waals surface area contributed by atoms with Crippen LogP contribution in [0.2, 0.25) is 0 Å². The van der Waals surface area contributed by atoms with Gasteiger partial charge in [0.25, 0.3) is 0 Å². The van der Waals surface area contributed by atoms with Crippen LogP contribution in [0.1, 0.15) is 52.5 Å². The Morgan fingerprint density at radius 3 is 2.52 bits per heavy atom. The van der Waals surface area contributed by atoms with Gasteiger partial charge in [-0.15, -0.1) is 0 Å². The van der Waals surface area contributed by atoms with Gasteiger partial charge in [-0.2, -0.15) is 0 Å². The maximum atomic E-state index is 11.8. The molecule has 0 spiro atoms. The minimum atomic E-state index is -0.398. The van der Waals surface area contributed by atoms with Crippen LogP contribution < -0.4 is 4.74 Å². The third kappa shape index (κ3) is 9.50. The topological polar surface area (TPSA) is 52.6 Å². The van der Waals surface area contributed by atoms with E-state index in [9.17, 15) is 9.59 Å². The number of ether oxygens (including phenoxy) is 2. The highest BCUT2D eigenvalue weighted by atomic mass is 16.5. The molecule has 0 N–H and O–H groups in total. The zero-order chi connectivity index (χ0) is 18.7. The minimum absolute atomic E-state index is 0.394. The van der Waals surface area contributed by atoms with Crippen LogP contribution in [0.4, 0.5) is 0 Å². The Morgan fingerprint density at radius 1 is 1.12 bits per heavy atom. The maximum absolute atomic E-state index is 11.8. The van der Waals surface area contributed by atoms with E-state index in [1.54, 1.807) is 24.3 Å². The molecule has 0 saturated heterocycles. The lowest BCUT2D eigenvalue weighted by atomic mass is 10.0. The average molecular weight is 344 g/mol. The van der Waals surface area contributed by atoms with Gasteiger partial charge in [0.15, 0.2) is 0 Å². The summed E-state index contributed by atoms with van der Waals surface area (Å²) in [7, 11) is 0. The zero-order valence-corrected chi connectivity index (χ0v) is 15.6. The largest absolute Gasteiger partial charge is 0.463 e. The molecule has 1 rings (SSSR count). The van der Waals surface area contributed by atoms with Crippen LogP contribution in [0.15, 0.2) is 42.0 Å². The van der Waals surface area contributed by atoms with Gasteiger partial charge >= 0.3 is 11.9 Å². The number of rotatable bonds is 9. The van der Waals surface area contributed by atoms with Gasteiger partial charge in [0.2, 0.25) is 0 Å². The second-order valence-electron chi connectivity index (χ2n) is 6.38. The number of esters is 2. The summed E-state index contributed by atoms with van der Waals surface area (Å²) in [5, 5.41) is 0. The first-order valence-corrected chi connectivity index (χ1v) is 8.64. The highest BCUT2D eigenvalue weighted by Crippen LogP contribution is 2.19. The molecule has 0 fully saturated rings. The molecule has 0 saturated carbocycles. The highest BCUT2D eigenvalue weighted by molar-refractivity contribution is 5.87. The Balaban J connectivity index is 2.41. The summed E-state index contributed by atoms with van der Waals surface area (Å²) in [5.41, 5.74) is 1.99. The van der Waals surface area contributed by atoms with E-state index in [4.69, 9.17) is 9.47 Å². The Hall–Kier alpha value is -2.36. The molecule has 1 aromatic carbocycles. The lowest BCUT2D eigenvalue weighted by molar-refractivity contribution is -0.138. The molecule has 0 aliphatic heterocycles. The van der Waals surface area contributed by atoms with E-state index in [2.05, 4.69) is 26.8 Å². The van der Waals surface area contributed by atoms with Gasteiger partial charge < -0.3 is 9.47 Å². The molecular weight excluding hydrogens is 316 g/mol. The molecule has 0 radical (unpaired) electrons. The van der Waals surface area contributed by atoms with Crippen molar-refractivity contribution >= 4 is 18.0 Å². The summed E-state index contributed by atoms with van der Waals surface area (Å²) in [4.78, 5) is 22.9. The summed E-state index contributed by atoms with van der Waals surface area (Å²) >= 11 is 0. The summed E-state index contributed by atoms with van der Waals surface area (Å²) in [6.45, 7) is 8.10. The number of carbonyl (C=O) groups is 2. The van der Waals surface area contributed by atoms with E-state index in [0.29, 0.717) is 23.8 Å². The third-order valence-electron chi connectivity index (χ3n) is 3.64. The van der Waals surface area contributed by atoms with Crippen LogP contribution in [0.3, 0.4) is 0 Å². The highest BCUT2D eigenvalue weighted by Gasteiger charge is 2.05. The SMILES string of the molecule is CC(=O)Oc1ccccc1/C=C/C(=O)OCCC(C)CCC=C(C)C. The molecule has 0 amide bonds. The Kier molecular flexibility index (Phi) is 9.30. The summed E-state index contributed by atoms with van der Waals surface area (Å²) < 4.78 is 10.3. The van der Waals surface area contributed by atoms with Crippen molar-refractivity contribution in [2.45, 2.75) is 47.0 Å². The second-order valence-corrected chi connectivity index (χ2v) is 6.38. The zero-order valence-electron chi connectivity index (χ0n) is 15.6. The fourth-order valence-electron chi connectivity index (χ4n) is 2.23. The Morgan fingerprint density at radius 2 is 1.84 bits per heavy atom. The van der Waals surface area contributed by atoms with E-state index < -0.39 is 11.9 Å². The number of allylic oxidation sites excluding steroid dienone is 2. The molecule has 4 nitrogen and oxygen atoms in total. The van der Waals surface area contributed by atoms with Gasteiger partial charge in [-0.1, -0.05) is 36.8 Å².